The number of carbonyl (C=O) groups excluding carboxylic acids is 1. The zero-order valence-corrected chi connectivity index (χ0v) is 9.61. The van der Waals surface area contributed by atoms with Crippen molar-refractivity contribution in [3.8, 4) is 0 Å². The third-order valence-corrected chi connectivity index (χ3v) is 4.10. The standard InChI is InChI=1S/C12H22N2O/c1-2-9-6-10(7-9)8-14-5-3-4-11(14)12(13)15/h9-11H,2-8H2,1H3,(H2,13,15)/t9-,10+,11-/m1/s1. The van der Waals surface area contributed by atoms with Gasteiger partial charge in [-0.15, -0.1) is 0 Å². The molecule has 0 aromatic carbocycles. The van der Waals surface area contributed by atoms with Crippen LogP contribution >= 0.6 is 0 Å². The third-order valence-electron chi connectivity index (χ3n) is 4.10. The summed E-state index contributed by atoms with van der Waals surface area (Å²) in [5.74, 6) is 1.65. The van der Waals surface area contributed by atoms with E-state index in [2.05, 4.69) is 11.8 Å². The van der Waals surface area contributed by atoms with Gasteiger partial charge in [-0.05, 0) is 44.1 Å². The lowest BCUT2D eigenvalue weighted by Crippen LogP contribution is -2.44. The highest BCUT2D eigenvalue weighted by Crippen LogP contribution is 2.37. The lowest BCUT2D eigenvalue weighted by molar-refractivity contribution is -0.122. The summed E-state index contributed by atoms with van der Waals surface area (Å²) in [6.45, 7) is 4.44. The fourth-order valence-corrected chi connectivity index (χ4v) is 3.05. The first-order valence-corrected chi connectivity index (χ1v) is 6.24. The molecule has 1 saturated carbocycles. The van der Waals surface area contributed by atoms with Crippen molar-refractivity contribution in [2.75, 3.05) is 13.1 Å². The summed E-state index contributed by atoms with van der Waals surface area (Å²) in [6, 6.07) is 0.0330. The summed E-state index contributed by atoms with van der Waals surface area (Å²) in [4.78, 5) is 13.5. The van der Waals surface area contributed by atoms with Crippen LogP contribution < -0.4 is 5.73 Å². The highest BCUT2D eigenvalue weighted by molar-refractivity contribution is 5.80. The molecule has 1 aliphatic carbocycles. The van der Waals surface area contributed by atoms with Crippen LogP contribution in [0.5, 0.6) is 0 Å². The average molecular weight is 210 g/mol. The predicted molar refractivity (Wildman–Crippen MR) is 60.3 cm³/mol. The number of nitrogens with two attached hydrogens (primary N) is 1. The van der Waals surface area contributed by atoms with E-state index in [0.717, 1.165) is 37.8 Å². The van der Waals surface area contributed by atoms with E-state index in [1.807, 2.05) is 0 Å². The van der Waals surface area contributed by atoms with Crippen molar-refractivity contribution in [3.63, 3.8) is 0 Å². The highest BCUT2D eigenvalue weighted by atomic mass is 16.1. The Morgan fingerprint density at radius 2 is 2.13 bits per heavy atom. The van der Waals surface area contributed by atoms with E-state index in [1.165, 1.54) is 19.3 Å². The number of likely N-dealkylation sites (tertiary alicyclic amines) is 1. The molecule has 1 saturated heterocycles. The lowest BCUT2D eigenvalue weighted by atomic mass is 9.73. The molecule has 2 fully saturated rings. The third kappa shape index (κ3) is 2.33. The van der Waals surface area contributed by atoms with Gasteiger partial charge in [0.05, 0.1) is 6.04 Å². The van der Waals surface area contributed by atoms with Crippen molar-refractivity contribution in [1.82, 2.24) is 4.90 Å². The monoisotopic (exact) mass is 210 g/mol. The molecule has 0 spiro atoms. The van der Waals surface area contributed by atoms with Gasteiger partial charge in [-0.2, -0.15) is 0 Å². The molecule has 3 nitrogen and oxygen atoms in total. The highest BCUT2D eigenvalue weighted by Gasteiger charge is 2.34. The van der Waals surface area contributed by atoms with Gasteiger partial charge in [-0.1, -0.05) is 13.3 Å². The first-order valence-electron chi connectivity index (χ1n) is 6.24. The molecule has 3 heteroatoms. The van der Waals surface area contributed by atoms with Crippen LogP contribution in [0.1, 0.15) is 39.0 Å². The van der Waals surface area contributed by atoms with Crippen molar-refractivity contribution >= 4 is 5.91 Å². The molecule has 86 valence electrons. The van der Waals surface area contributed by atoms with Gasteiger partial charge < -0.3 is 5.73 Å². The van der Waals surface area contributed by atoms with Gasteiger partial charge in [0.15, 0.2) is 0 Å². The topological polar surface area (TPSA) is 46.3 Å². The fourth-order valence-electron chi connectivity index (χ4n) is 3.05. The van der Waals surface area contributed by atoms with Crippen LogP contribution in [0.4, 0.5) is 0 Å². The molecular weight excluding hydrogens is 188 g/mol. The molecule has 1 aliphatic heterocycles. The summed E-state index contributed by atoms with van der Waals surface area (Å²) >= 11 is 0. The second-order valence-corrected chi connectivity index (χ2v) is 5.17. The molecule has 15 heavy (non-hydrogen) atoms. The number of primary amides is 1. The minimum Gasteiger partial charge on any atom is -0.368 e. The molecular formula is C12H22N2O. The predicted octanol–water partition coefficient (Wildman–Crippen LogP) is 1.37. The van der Waals surface area contributed by atoms with E-state index in [4.69, 9.17) is 5.73 Å². The quantitative estimate of drug-likeness (QED) is 0.762. The van der Waals surface area contributed by atoms with Crippen LogP contribution in [-0.2, 0) is 4.79 Å². The SMILES string of the molecule is CC[C@H]1C[C@@H](CN2CCC[C@@H]2C(N)=O)C1. The molecule has 0 aromatic heterocycles. The number of amides is 1. The summed E-state index contributed by atoms with van der Waals surface area (Å²) in [5.41, 5.74) is 5.40. The normalized spacial score (nSPS) is 36.5. The van der Waals surface area contributed by atoms with Crippen molar-refractivity contribution < 1.29 is 4.79 Å². The average Bonchev–Trinajstić information content (AvgIpc) is 2.58. The summed E-state index contributed by atoms with van der Waals surface area (Å²) in [6.07, 6.45) is 6.14. The molecule has 0 radical (unpaired) electrons. The minimum atomic E-state index is -0.126. The Bertz CT molecular complexity index is 236. The Balaban J connectivity index is 1.77. The van der Waals surface area contributed by atoms with Crippen LogP contribution in [0.25, 0.3) is 0 Å². The second-order valence-electron chi connectivity index (χ2n) is 5.17. The maximum absolute atomic E-state index is 11.2. The van der Waals surface area contributed by atoms with Gasteiger partial charge in [0.2, 0.25) is 5.91 Å². The van der Waals surface area contributed by atoms with Crippen LogP contribution in [0.2, 0.25) is 0 Å². The Labute approximate surface area is 92.0 Å². The van der Waals surface area contributed by atoms with E-state index in [1.54, 1.807) is 0 Å². The van der Waals surface area contributed by atoms with Crippen LogP contribution in [0.3, 0.4) is 0 Å². The van der Waals surface area contributed by atoms with Gasteiger partial charge in [0.1, 0.15) is 0 Å². The number of hydrogen-bond acceptors (Lipinski definition) is 2. The van der Waals surface area contributed by atoms with Gasteiger partial charge in [-0.3, -0.25) is 9.69 Å². The molecule has 2 aliphatic rings. The number of rotatable bonds is 4. The van der Waals surface area contributed by atoms with Gasteiger partial charge in [0, 0.05) is 6.54 Å². The minimum absolute atomic E-state index is 0.0330. The summed E-state index contributed by atoms with van der Waals surface area (Å²) in [7, 11) is 0. The number of nitrogens with zero attached hydrogens (tertiary/aromatic N) is 1. The Hall–Kier alpha value is -0.570. The molecule has 2 N–H and O–H groups in total. The van der Waals surface area contributed by atoms with Gasteiger partial charge in [-0.25, -0.2) is 0 Å². The van der Waals surface area contributed by atoms with Crippen molar-refractivity contribution in [2.45, 2.75) is 45.1 Å². The van der Waals surface area contributed by atoms with E-state index >= 15 is 0 Å². The Morgan fingerprint density at radius 1 is 1.40 bits per heavy atom. The van der Waals surface area contributed by atoms with Crippen molar-refractivity contribution in [2.24, 2.45) is 17.6 Å². The maximum atomic E-state index is 11.2. The van der Waals surface area contributed by atoms with E-state index in [-0.39, 0.29) is 11.9 Å². The lowest BCUT2D eigenvalue weighted by Gasteiger charge is -2.38. The number of carbonyl (C=O) groups is 1. The van der Waals surface area contributed by atoms with E-state index in [0.29, 0.717) is 0 Å². The van der Waals surface area contributed by atoms with Crippen LogP contribution in [0, 0.1) is 11.8 Å². The molecule has 1 atom stereocenters. The Kier molecular flexibility index (Phi) is 3.29. The van der Waals surface area contributed by atoms with Gasteiger partial charge >= 0.3 is 0 Å². The first kappa shape index (κ1) is 10.9. The molecule has 2 rings (SSSR count). The first-order chi connectivity index (χ1) is 7.20. The summed E-state index contributed by atoms with van der Waals surface area (Å²) < 4.78 is 0. The zero-order valence-electron chi connectivity index (χ0n) is 9.61. The molecule has 1 heterocycles. The molecule has 0 unspecified atom stereocenters. The molecule has 1 amide bonds. The molecule has 0 bridgehead atoms. The smallest absolute Gasteiger partial charge is 0.234 e. The van der Waals surface area contributed by atoms with E-state index < -0.39 is 0 Å². The largest absolute Gasteiger partial charge is 0.368 e. The number of hydrogen-bond donors (Lipinski definition) is 1. The fraction of sp³-hybridized carbons (Fsp3) is 0.917. The maximum Gasteiger partial charge on any atom is 0.234 e. The second kappa shape index (κ2) is 4.52. The Morgan fingerprint density at radius 3 is 2.73 bits per heavy atom. The van der Waals surface area contributed by atoms with E-state index in [9.17, 15) is 4.79 Å². The van der Waals surface area contributed by atoms with Crippen molar-refractivity contribution in [1.29, 1.82) is 0 Å². The molecule has 0 aromatic rings. The van der Waals surface area contributed by atoms with Crippen LogP contribution in [-0.4, -0.2) is 29.9 Å². The summed E-state index contributed by atoms with van der Waals surface area (Å²) in [5, 5.41) is 0. The van der Waals surface area contributed by atoms with Crippen LogP contribution in [0.15, 0.2) is 0 Å². The van der Waals surface area contributed by atoms with Gasteiger partial charge in [0.25, 0.3) is 0 Å². The zero-order chi connectivity index (χ0) is 10.8. The van der Waals surface area contributed by atoms with Crippen molar-refractivity contribution in [3.05, 3.63) is 0 Å².